The van der Waals surface area contributed by atoms with Crippen LogP contribution in [-0.2, 0) is 9.63 Å². The Kier molecular flexibility index (Phi) is 5.43. The summed E-state index contributed by atoms with van der Waals surface area (Å²) in [5.74, 6) is 2.16. The summed E-state index contributed by atoms with van der Waals surface area (Å²) in [5.41, 5.74) is 1.25. The van der Waals surface area contributed by atoms with Crippen LogP contribution in [0.3, 0.4) is 0 Å². The molecule has 2 aromatic carbocycles. The zero-order chi connectivity index (χ0) is 18.4. The van der Waals surface area contributed by atoms with Crippen LogP contribution in [0.2, 0.25) is 0 Å². The lowest BCUT2D eigenvalue weighted by atomic mass is 10.2. The highest BCUT2D eigenvalue weighted by atomic mass is 16.7. The van der Waals surface area contributed by atoms with E-state index in [-0.39, 0.29) is 19.3 Å². The highest BCUT2D eigenvalue weighted by Crippen LogP contribution is 2.34. The summed E-state index contributed by atoms with van der Waals surface area (Å²) in [4.78, 5) is 17.0. The number of fused-ring (bicyclic) bond motifs is 1. The maximum absolute atomic E-state index is 11.9. The largest absolute Gasteiger partial charge is 0.497 e. The van der Waals surface area contributed by atoms with Crippen LogP contribution in [0.5, 0.6) is 23.0 Å². The van der Waals surface area contributed by atoms with Crippen LogP contribution in [0.1, 0.15) is 5.56 Å². The van der Waals surface area contributed by atoms with E-state index in [1.807, 2.05) is 0 Å². The van der Waals surface area contributed by atoms with Gasteiger partial charge in [-0.05, 0) is 30.3 Å². The minimum atomic E-state index is -0.348. The first-order valence-corrected chi connectivity index (χ1v) is 7.76. The number of amides is 1. The third-order valence-electron chi connectivity index (χ3n) is 3.56. The van der Waals surface area contributed by atoms with Crippen molar-refractivity contribution in [3.8, 4) is 23.0 Å². The first-order valence-electron chi connectivity index (χ1n) is 7.76. The summed E-state index contributed by atoms with van der Waals surface area (Å²) in [6, 6.07) is 10.4. The standard InChI is InChI=1S/C18H18N2O6/c1-22-14-4-6-15(23-2)12(7-14)9-19-26-10-18(21)20-13-3-5-16-17(8-13)25-11-24-16/h3-9H,10-11H2,1-2H3,(H,20,21)/b19-9-. The topological polar surface area (TPSA) is 87.6 Å². The lowest BCUT2D eigenvalue weighted by Crippen LogP contribution is -2.16. The molecule has 8 heteroatoms. The zero-order valence-corrected chi connectivity index (χ0v) is 14.4. The van der Waals surface area contributed by atoms with Gasteiger partial charge in [0, 0.05) is 17.3 Å². The fraction of sp³-hybridized carbons (Fsp3) is 0.222. The van der Waals surface area contributed by atoms with Crippen LogP contribution in [0.15, 0.2) is 41.6 Å². The van der Waals surface area contributed by atoms with E-state index in [1.165, 1.54) is 6.21 Å². The van der Waals surface area contributed by atoms with E-state index in [1.54, 1.807) is 50.6 Å². The smallest absolute Gasteiger partial charge is 0.265 e. The number of methoxy groups -OCH3 is 2. The molecule has 0 aromatic heterocycles. The average Bonchev–Trinajstić information content (AvgIpc) is 3.12. The summed E-state index contributed by atoms with van der Waals surface area (Å²) in [5, 5.41) is 6.49. The van der Waals surface area contributed by atoms with Crippen molar-refractivity contribution in [2.75, 3.05) is 32.9 Å². The molecule has 8 nitrogen and oxygen atoms in total. The van der Waals surface area contributed by atoms with Crippen LogP contribution in [-0.4, -0.2) is 39.7 Å². The number of anilines is 1. The van der Waals surface area contributed by atoms with E-state index < -0.39 is 0 Å². The van der Waals surface area contributed by atoms with Crippen LogP contribution >= 0.6 is 0 Å². The normalized spacial score (nSPS) is 12.1. The molecule has 0 fully saturated rings. The molecule has 3 rings (SSSR count). The second-order valence-electron chi connectivity index (χ2n) is 5.23. The third-order valence-corrected chi connectivity index (χ3v) is 3.56. The molecule has 0 bridgehead atoms. The first kappa shape index (κ1) is 17.4. The van der Waals surface area contributed by atoms with Gasteiger partial charge in [0.25, 0.3) is 5.91 Å². The number of carbonyl (C=O) groups excluding carboxylic acids is 1. The molecule has 0 aliphatic carbocycles. The average molecular weight is 358 g/mol. The van der Waals surface area contributed by atoms with Crippen LogP contribution in [0.4, 0.5) is 5.69 Å². The Morgan fingerprint density at radius 3 is 2.81 bits per heavy atom. The van der Waals surface area contributed by atoms with Crippen molar-refractivity contribution in [3.63, 3.8) is 0 Å². The summed E-state index contributed by atoms with van der Waals surface area (Å²) in [6.07, 6.45) is 1.45. The van der Waals surface area contributed by atoms with Gasteiger partial charge in [-0.1, -0.05) is 5.16 Å². The van der Waals surface area contributed by atoms with E-state index >= 15 is 0 Å². The Morgan fingerprint density at radius 1 is 1.15 bits per heavy atom. The summed E-state index contributed by atoms with van der Waals surface area (Å²) < 4.78 is 20.9. The van der Waals surface area contributed by atoms with E-state index in [4.69, 9.17) is 23.8 Å². The van der Waals surface area contributed by atoms with Gasteiger partial charge in [0.05, 0.1) is 20.4 Å². The van der Waals surface area contributed by atoms with Crippen LogP contribution < -0.4 is 24.3 Å². The highest BCUT2D eigenvalue weighted by molar-refractivity contribution is 5.92. The molecular formula is C18H18N2O6. The maximum Gasteiger partial charge on any atom is 0.265 e. The Hall–Kier alpha value is -3.42. The molecule has 1 heterocycles. The Labute approximate surface area is 150 Å². The predicted octanol–water partition coefficient (Wildman–Crippen LogP) is 2.42. The molecule has 26 heavy (non-hydrogen) atoms. The molecule has 0 spiro atoms. The van der Waals surface area contributed by atoms with Crippen molar-refractivity contribution in [1.29, 1.82) is 0 Å². The highest BCUT2D eigenvalue weighted by Gasteiger charge is 2.14. The van der Waals surface area contributed by atoms with Gasteiger partial charge in [0.15, 0.2) is 18.1 Å². The molecule has 0 saturated carbocycles. The van der Waals surface area contributed by atoms with Crippen molar-refractivity contribution in [1.82, 2.24) is 0 Å². The van der Waals surface area contributed by atoms with Crippen molar-refractivity contribution in [2.45, 2.75) is 0 Å². The van der Waals surface area contributed by atoms with E-state index in [0.717, 1.165) is 0 Å². The molecule has 0 radical (unpaired) electrons. The second-order valence-corrected chi connectivity index (χ2v) is 5.23. The lowest BCUT2D eigenvalue weighted by molar-refractivity contribution is -0.120. The summed E-state index contributed by atoms with van der Waals surface area (Å²) >= 11 is 0. The quantitative estimate of drug-likeness (QED) is 0.604. The zero-order valence-electron chi connectivity index (χ0n) is 14.4. The van der Waals surface area contributed by atoms with Gasteiger partial charge in [-0.25, -0.2) is 0 Å². The predicted molar refractivity (Wildman–Crippen MR) is 94.3 cm³/mol. The number of hydrogen-bond donors (Lipinski definition) is 1. The van der Waals surface area contributed by atoms with E-state index in [9.17, 15) is 4.79 Å². The van der Waals surface area contributed by atoms with E-state index in [0.29, 0.717) is 34.2 Å². The van der Waals surface area contributed by atoms with Gasteiger partial charge in [-0.3, -0.25) is 4.79 Å². The van der Waals surface area contributed by atoms with Crippen LogP contribution in [0.25, 0.3) is 0 Å². The molecule has 2 aromatic rings. The number of oxime groups is 1. The number of benzene rings is 2. The number of carbonyl (C=O) groups is 1. The monoisotopic (exact) mass is 358 g/mol. The second kappa shape index (κ2) is 8.11. The minimum Gasteiger partial charge on any atom is -0.497 e. The first-order chi connectivity index (χ1) is 12.7. The molecule has 0 atom stereocenters. The number of nitrogens with zero attached hydrogens (tertiary/aromatic N) is 1. The maximum atomic E-state index is 11.9. The Morgan fingerprint density at radius 2 is 2.00 bits per heavy atom. The van der Waals surface area contributed by atoms with Crippen LogP contribution in [0, 0.1) is 0 Å². The Bertz CT molecular complexity index is 821. The number of ether oxygens (including phenoxy) is 4. The molecule has 136 valence electrons. The summed E-state index contributed by atoms with van der Waals surface area (Å²) in [7, 11) is 3.12. The molecular weight excluding hydrogens is 340 g/mol. The van der Waals surface area contributed by atoms with Crippen molar-refractivity contribution < 1.29 is 28.6 Å². The number of rotatable bonds is 7. The van der Waals surface area contributed by atoms with Gasteiger partial charge in [0.1, 0.15) is 11.5 Å². The van der Waals surface area contributed by atoms with Gasteiger partial charge in [-0.15, -0.1) is 0 Å². The van der Waals surface area contributed by atoms with Gasteiger partial charge in [-0.2, -0.15) is 0 Å². The molecule has 1 N–H and O–H groups in total. The Balaban J connectivity index is 1.53. The fourth-order valence-electron chi connectivity index (χ4n) is 2.30. The van der Waals surface area contributed by atoms with Crippen molar-refractivity contribution in [2.24, 2.45) is 5.16 Å². The fourth-order valence-corrected chi connectivity index (χ4v) is 2.30. The van der Waals surface area contributed by atoms with Crippen molar-refractivity contribution in [3.05, 3.63) is 42.0 Å². The number of nitrogens with one attached hydrogen (secondary N) is 1. The van der Waals surface area contributed by atoms with E-state index in [2.05, 4.69) is 10.5 Å². The molecule has 0 unspecified atom stereocenters. The lowest BCUT2D eigenvalue weighted by Gasteiger charge is -2.07. The van der Waals surface area contributed by atoms with Gasteiger partial charge in [0.2, 0.25) is 6.79 Å². The number of hydrogen-bond acceptors (Lipinski definition) is 7. The SMILES string of the molecule is COc1ccc(OC)c(/C=N\OCC(=O)Nc2ccc3c(c2)OCO3)c1. The molecule has 0 saturated heterocycles. The van der Waals surface area contributed by atoms with Gasteiger partial charge < -0.3 is 29.1 Å². The minimum absolute atomic E-state index is 0.179. The molecule has 1 aliphatic rings. The van der Waals surface area contributed by atoms with Gasteiger partial charge >= 0.3 is 0 Å². The summed E-state index contributed by atoms with van der Waals surface area (Å²) in [6.45, 7) is -0.0600. The molecule has 1 amide bonds. The third kappa shape index (κ3) is 4.15. The van der Waals surface area contributed by atoms with Crippen molar-refractivity contribution >= 4 is 17.8 Å². The molecule has 1 aliphatic heterocycles.